The van der Waals surface area contributed by atoms with Gasteiger partial charge in [-0.3, -0.25) is 14.0 Å². The van der Waals surface area contributed by atoms with Gasteiger partial charge in [-0.25, -0.2) is 4.39 Å². The highest BCUT2D eigenvalue weighted by Crippen LogP contribution is 2.27. The first-order chi connectivity index (χ1) is 15.1. The van der Waals surface area contributed by atoms with E-state index in [2.05, 4.69) is 26.1 Å². The molecule has 1 aromatic carbocycles. The van der Waals surface area contributed by atoms with E-state index >= 15 is 0 Å². The maximum atomic E-state index is 14.7. The van der Waals surface area contributed by atoms with Crippen LogP contribution in [0.5, 0.6) is 0 Å². The van der Waals surface area contributed by atoms with Crippen LogP contribution in [0.4, 0.5) is 4.39 Å². The number of quaternary nitrogens is 1. The lowest BCUT2D eigenvalue weighted by molar-refractivity contribution is -0.896. The highest BCUT2D eigenvalue weighted by molar-refractivity contribution is 6.42. The first kappa shape index (κ1) is 22.8. The molecule has 1 fully saturated rings. The summed E-state index contributed by atoms with van der Waals surface area (Å²) >= 11 is 12.4. The van der Waals surface area contributed by atoms with Crippen molar-refractivity contribution in [3.63, 3.8) is 0 Å². The van der Waals surface area contributed by atoms with Crippen LogP contribution in [-0.2, 0) is 6.42 Å². The van der Waals surface area contributed by atoms with Crippen LogP contribution < -0.4 is 5.56 Å². The molecule has 1 atom stereocenters. The number of H-pyrrole nitrogens is 1. The summed E-state index contributed by atoms with van der Waals surface area (Å²) in [6.45, 7) is 1.22. The van der Waals surface area contributed by atoms with Crippen LogP contribution in [0, 0.1) is 5.82 Å². The molecule has 1 aliphatic heterocycles. The zero-order valence-corrected chi connectivity index (χ0v) is 19.8. The lowest BCUT2D eigenvalue weighted by atomic mass is 10.0. The average Bonchev–Trinajstić information content (AvgIpc) is 3.06. The molecular formula is C23H26Cl2FN4O2+. The van der Waals surface area contributed by atoms with Gasteiger partial charge < -0.3 is 14.4 Å². The predicted molar refractivity (Wildman–Crippen MR) is 124 cm³/mol. The highest BCUT2D eigenvalue weighted by Gasteiger charge is 2.33. The SMILES string of the molecule is C[N+](C)(C)C1CCCN(C(=O)c2cc(Cc3c[nH]c(=O)c4cc(Cl)c(Cl)n34)ccc2F)C1. The molecule has 1 aliphatic rings. The third-order valence-electron chi connectivity index (χ3n) is 6.21. The Morgan fingerprint density at radius 2 is 2.00 bits per heavy atom. The molecule has 2 aromatic heterocycles. The van der Waals surface area contributed by atoms with Gasteiger partial charge in [0.1, 0.15) is 22.5 Å². The number of benzene rings is 1. The zero-order valence-electron chi connectivity index (χ0n) is 18.3. The second-order valence-electron chi connectivity index (χ2n) is 9.27. The van der Waals surface area contributed by atoms with Crippen LogP contribution in [0.3, 0.4) is 0 Å². The minimum absolute atomic E-state index is 0.0573. The van der Waals surface area contributed by atoms with Crippen molar-refractivity contribution in [1.29, 1.82) is 0 Å². The average molecular weight is 480 g/mol. The van der Waals surface area contributed by atoms with E-state index in [9.17, 15) is 14.0 Å². The van der Waals surface area contributed by atoms with E-state index in [0.717, 1.165) is 22.9 Å². The molecule has 1 saturated heterocycles. The molecule has 1 amide bonds. The summed E-state index contributed by atoms with van der Waals surface area (Å²) in [5.41, 5.74) is 1.47. The number of nitrogens with zero attached hydrogens (tertiary/aromatic N) is 3. The Bertz CT molecular complexity index is 1250. The number of rotatable bonds is 4. The van der Waals surface area contributed by atoms with Crippen molar-refractivity contribution in [2.24, 2.45) is 0 Å². The molecule has 0 saturated carbocycles. The predicted octanol–water partition coefficient (Wildman–Crippen LogP) is 3.98. The fourth-order valence-electron chi connectivity index (χ4n) is 4.32. The van der Waals surface area contributed by atoms with Gasteiger partial charge in [-0.05, 0) is 30.2 Å². The lowest BCUT2D eigenvalue weighted by Crippen LogP contribution is -2.55. The van der Waals surface area contributed by atoms with Crippen molar-refractivity contribution in [2.45, 2.75) is 25.3 Å². The molecule has 3 aromatic rings. The van der Waals surface area contributed by atoms with E-state index in [1.807, 2.05) is 0 Å². The molecule has 0 bridgehead atoms. The van der Waals surface area contributed by atoms with Crippen molar-refractivity contribution in [3.8, 4) is 0 Å². The normalized spacial score (nSPS) is 17.2. The van der Waals surface area contributed by atoms with Crippen LogP contribution >= 0.6 is 23.2 Å². The Morgan fingerprint density at radius 1 is 1.25 bits per heavy atom. The van der Waals surface area contributed by atoms with Gasteiger partial charge >= 0.3 is 0 Å². The number of fused-ring (bicyclic) bond motifs is 1. The number of aromatic amines is 1. The van der Waals surface area contributed by atoms with Crippen molar-refractivity contribution in [3.05, 3.63) is 73.6 Å². The summed E-state index contributed by atoms with van der Waals surface area (Å²) in [6, 6.07) is 6.36. The number of amides is 1. The molecule has 4 rings (SSSR count). The van der Waals surface area contributed by atoms with Crippen LogP contribution in [0.25, 0.3) is 5.52 Å². The fraction of sp³-hybridized carbons (Fsp3) is 0.391. The van der Waals surface area contributed by atoms with Gasteiger partial charge in [-0.1, -0.05) is 29.3 Å². The number of likely N-dealkylation sites (N-methyl/N-ethyl adjacent to an activating group) is 1. The topological polar surface area (TPSA) is 57.6 Å². The Balaban J connectivity index is 1.64. The molecule has 3 heterocycles. The number of piperidine rings is 1. The molecule has 0 aliphatic carbocycles. The molecule has 1 unspecified atom stereocenters. The Hall–Kier alpha value is -2.35. The number of nitrogens with one attached hydrogen (secondary N) is 1. The number of hydrogen-bond acceptors (Lipinski definition) is 2. The first-order valence-electron chi connectivity index (χ1n) is 10.5. The van der Waals surface area contributed by atoms with Crippen LogP contribution in [0.2, 0.25) is 10.2 Å². The Kier molecular flexibility index (Phi) is 6.09. The van der Waals surface area contributed by atoms with E-state index in [1.54, 1.807) is 27.6 Å². The maximum absolute atomic E-state index is 14.7. The molecule has 1 N–H and O–H groups in total. The maximum Gasteiger partial charge on any atom is 0.272 e. The zero-order chi connectivity index (χ0) is 23.2. The highest BCUT2D eigenvalue weighted by atomic mass is 35.5. The van der Waals surface area contributed by atoms with E-state index in [-0.39, 0.29) is 27.2 Å². The summed E-state index contributed by atoms with van der Waals surface area (Å²) in [4.78, 5) is 29.7. The van der Waals surface area contributed by atoms with Crippen LogP contribution in [0.1, 0.15) is 34.5 Å². The summed E-state index contributed by atoms with van der Waals surface area (Å²) in [6.07, 6.45) is 3.83. The minimum Gasteiger partial charge on any atom is -0.333 e. The third kappa shape index (κ3) is 4.29. The van der Waals surface area contributed by atoms with Gasteiger partial charge in [-0.15, -0.1) is 0 Å². The van der Waals surface area contributed by atoms with E-state index in [0.29, 0.717) is 36.8 Å². The van der Waals surface area contributed by atoms with Gasteiger partial charge in [0.2, 0.25) is 0 Å². The molecular weight excluding hydrogens is 454 g/mol. The fourth-order valence-corrected chi connectivity index (χ4v) is 4.76. The number of aromatic nitrogens is 2. The summed E-state index contributed by atoms with van der Waals surface area (Å²) in [7, 11) is 6.34. The quantitative estimate of drug-likeness (QED) is 0.575. The molecule has 0 radical (unpaired) electrons. The monoisotopic (exact) mass is 479 g/mol. The van der Waals surface area contributed by atoms with Gasteiger partial charge in [0.05, 0.1) is 38.3 Å². The smallest absolute Gasteiger partial charge is 0.272 e. The lowest BCUT2D eigenvalue weighted by Gasteiger charge is -2.41. The molecule has 170 valence electrons. The van der Waals surface area contributed by atoms with Gasteiger partial charge in [0.25, 0.3) is 11.5 Å². The third-order valence-corrected chi connectivity index (χ3v) is 6.97. The second kappa shape index (κ2) is 8.54. The number of halogens is 3. The number of carbonyl (C=O) groups is 1. The summed E-state index contributed by atoms with van der Waals surface area (Å²) < 4.78 is 17.0. The number of hydrogen-bond donors (Lipinski definition) is 1. The second-order valence-corrected chi connectivity index (χ2v) is 10.0. The minimum atomic E-state index is -0.542. The van der Waals surface area contributed by atoms with E-state index < -0.39 is 5.82 Å². The summed E-state index contributed by atoms with van der Waals surface area (Å²) in [5.74, 6) is -0.837. The first-order valence-corrected chi connectivity index (χ1v) is 11.3. The van der Waals surface area contributed by atoms with E-state index in [4.69, 9.17) is 23.2 Å². The Morgan fingerprint density at radius 3 is 2.72 bits per heavy atom. The number of carbonyl (C=O) groups excluding carboxylic acids is 1. The number of likely N-dealkylation sites (tertiary alicyclic amines) is 1. The van der Waals surface area contributed by atoms with Gasteiger partial charge in [0, 0.05) is 31.3 Å². The van der Waals surface area contributed by atoms with E-state index in [1.165, 1.54) is 12.1 Å². The molecule has 0 spiro atoms. The van der Waals surface area contributed by atoms with Gasteiger partial charge in [-0.2, -0.15) is 0 Å². The largest absolute Gasteiger partial charge is 0.333 e. The van der Waals surface area contributed by atoms with Crippen LogP contribution in [0.15, 0.2) is 35.3 Å². The molecule has 32 heavy (non-hydrogen) atoms. The molecule has 9 heteroatoms. The van der Waals surface area contributed by atoms with Gasteiger partial charge in [0.15, 0.2) is 0 Å². The van der Waals surface area contributed by atoms with Crippen molar-refractivity contribution >= 4 is 34.6 Å². The summed E-state index contributed by atoms with van der Waals surface area (Å²) in [5, 5.41) is 0.511. The molecule has 6 nitrogen and oxygen atoms in total. The standard InChI is InChI=1S/C23H25Cl2FN4O2/c1-30(2,3)16-5-4-8-28(13-16)23(32)17-10-14(6-7-19(17)26)9-15-12-27-22(31)20-11-18(24)21(25)29(15)20/h6-7,10-12,16H,4-5,8-9,13H2,1-3H3/p+1. The van der Waals surface area contributed by atoms with Crippen molar-refractivity contribution < 1.29 is 13.7 Å². The van der Waals surface area contributed by atoms with Crippen molar-refractivity contribution in [2.75, 3.05) is 34.2 Å². The Labute approximate surface area is 195 Å². The van der Waals surface area contributed by atoms with Crippen LogP contribution in [-0.4, -0.2) is 64.9 Å². The van der Waals surface area contributed by atoms with Crippen molar-refractivity contribution in [1.82, 2.24) is 14.3 Å².